The Morgan fingerprint density at radius 2 is 1.89 bits per heavy atom. The first kappa shape index (κ1) is 14.5. The number of hydrogen-bond donors (Lipinski definition) is 1. The number of carbonyl (C=O) groups is 2. The molecule has 0 aliphatic heterocycles. The van der Waals surface area contributed by atoms with E-state index in [0.717, 1.165) is 19.3 Å². The number of unbranched alkanes of at least 4 members (excludes halogenated alkanes) is 2. The van der Waals surface area contributed by atoms with Gasteiger partial charge in [-0.25, -0.2) is 4.79 Å². The molecule has 0 aliphatic carbocycles. The fourth-order valence-corrected chi connectivity index (χ4v) is 1.42. The number of halogens is 1. The number of carbonyl (C=O) groups excluding carboxylic acids is 2. The van der Waals surface area contributed by atoms with Crippen molar-refractivity contribution < 1.29 is 14.3 Å². The van der Waals surface area contributed by atoms with Crippen LogP contribution in [0.5, 0.6) is 0 Å². The molecule has 0 atom stereocenters. The lowest BCUT2D eigenvalue weighted by Crippen LogP contribution is -2.25. The molecule has 0 unspecified atom stereocenters. The van der Waals surface area contributed by atoms with Crippen LogP contribution in [0, 0.1) is 0 Å². The number of rotatable bonds is 5. The second kappa shape index (κ2) is 7.71. The van der Waals surface area contributed by atoms with E-state index in [1.807, 2.05) is 0 Å². The van der Waals surface area contributed by atoms with E-state index in [1.165, 1.54) is 0 Å². The van der Waals surface area contributed by atoms with Crippen molar-refractivity contribution in [2.75, 3.05) is 11.9 Å². The Kier molecular flexibility index (Phi) is 6.22. The number of amides is 1. The predicted molar refractivity (Wildman–Crippen MR) is 70.6 cm³/mol. The maximum Gasteiger partial charge on any atom is 0.397 e. The molecule has 98 valence electrons. The maximum absolute atomic E-state index is 11.4. The molecule has 1 aromatic rings. The lowest BCUT2D eigenvalue weighted by atomic mass is 10.3. The van der Waals surface area contributed by atoms with E-state index in [4.69, 9.17) is 16.3 Å². The number of hydrogen-bond acceptors (Lipinski definition) is 3. The highest BCUT2D eigenvalue weighted by Crippen LogP contribution is 2.13. The fraction of sp³-hybridized carbons (Fsp3) is 0.385. The van der Waals surface area contributed by atoms with Crippen LogP contribution >= 0.6 is 11.6 Å². The molecule has 0 aliphatic rings. The van der Waals surface area contributed by atoms with Crippen molar-refractivity contribution >= 4 is 29.2 Å². The minimum absolute atomic E-state index is 0.278. The average Bonchev–Trinajstić information content (AvgIpc) is 2.37. The van der Waals surface area contributed by atoms with Crippen molar-refractivity contribution in [2.45, 2.75) is 26.2 Å². The molecule has 0 heterocycles. The summed E-state index contributed by atoms with van der Waals surface area (Å²) in [6.45, 7) is 2.33. The van der Waals surface area contributed by atoms with Gasteiger partial charge in [-0.1, -0.05) is 31.4 Å². The Morgan fingerprint density at radius 1 is 1.22 bits per heavy atom. The van der Waals surface area contributed by atoms with E-state index in [9.17, 15) is 9.59 Å². The van der Waals surface area contributed by atoms with Gasteiger partial charge in [0, 0.05) is 10.7 Å². The molecule has 0 spiro atoms. The molecule has 18 heavy (non-hydrogen) atoms. The molecular formula is C13H16ClNO3. The van der Waals surface area contributed by atoms with Gasteiger partial charge in [0.1, 0.15) is 0 Å². The smallest absolute Gasteiger partial charge is 0.397 e. The van der Waals surface area contributed by atoms with E-state index in [2.05, 4.69) is 12.2 Å². The number of anilines is 1. The van der Waals surface area contributed by atoms with E-state index < -0.39 is 11.9 Å². The van der Waals surface area contributed by atoms with Gasteiger partial charge in [0.05, 0.1) is 6.61 Å². The molecule has 0 saturated carbocycles. The SMILES string of the molecule is CCCCCOC(=O)C(=O)Nc1ccc(Cl)cc1. The van der Waals surface area contributed by atoms with Gasteiger partial charge in [-0.3, -0.25) is 4.79 Å². The van der Waals surface area contributed by atoms with Crippen molar-refractivity contribution in [2.24, 2.45) is 0 Å². The minimum atomic E-state index is -0.860. The molecule has 0 fully saturated rings. The zero-order valence-corrected chi connectivity index (χ0v) is 11.0. The molecule has 1 rings (SSSR count). The van der Waals surface area contributed by atoms with Gasteiger partial charge in [0.15, 0.2) is 0 Å². The molecule has 1 amide bonds. The van der Waals surface area contributed by atoms with Crippen LogP contribution in [-0.4, -0.2) is 18.5 Å². The highest BCUT2D eigenvalue weighted by molar-refractivity contribution is 6.37. The van der Waals surface area contributed by atoms with E-state index in [0.29, 0.717) is 10.7 Å². The molecule has 4 nitrogen and oxygen atoms in total. The van der Waals surface area contributed by atoms with Gasteiger partial charge in [0.2, 0.25) is 0 Å². The average molecular weight is 270 g/mol. The Bertz CT molecular complexity index is 403. The van der Waals surface area contributed by atoms with Gasteiger partial charge in [-0.15, -0.1) is 0 Å². The van der Waals surface area contributed by atoms with Crippen LogP contribution in [0.1, 0.15) is 26.2 Å². The number of esters is 1. The summed E-state index contributed by atoms with van der Waals surface area (Å²) in [5.41, 5.74) is 0.509. The van der Waals surface area contributed by atoms with Crippen LogP contribution in [0.3, 0.4) is 0 Å². The topological polar surface area (TPSA) is 55.4 Å². The van der Waals surface area contributed by atoms with Gasteiger partial charge < -0.3 is 10.1 Å². The number of benzene rings is 1. The monoisotopic (exact) mass is 269 g/mol. The van der Waals surface area contributed by atoms with Crippen LogP contribution in [0.4, 0.5) is 5.69 Å². The lowest BCUT2D eigenvalue weighted by Gasteiger charge is -2.05. The quantitative estimate of drug-likeness (QED) is 0.508. The normalized spacial score (nSPS) is 9.89. The highest BCUT2D eigenvalue weighted by atomic mass is 35.5. The first-order chi connectivity index (χ1) is 8.63. The summed E-state index contributed by atoms with van der Waals surface area (Å²) < 4.78 is 4.82. The zero-order valence-electron chi connectivity index (χ0n) is 10.2. The second-order valence-corrected chi connectivity index (χ2v) is 4.24. The predicted octanol–water partition coefficient (Wildman–Crippen LogP) is 3.01. The van der Waals surface area contributed by atoms with Crippen LogP contribution in [0.2, 0.25) is 5.02 Å². The molecule has 0 saturated heterocycles. The third-order valence-electron chi connectivity index (χ3n) is 2.27. The third kappa shape index (κ3) is 5.19. The van der Waals surface area contributed by atoms with E-state index in [1.54, 1.807) is 24.3 Å². The Morgan fingerprint density at radius 3 is 2.50 bits per heavy atom. The van der Waals surface area contributed by atoms with Crippen molar-refractivity contribution in [1.82, 2.24) is 0 Å². The van der Waals surface area contributed by atoms with Crippen LogP contribution in [-0.2, 0) is 14.3 Å². The summed E-state index contributed by atoms with van der Waals surface area (Å²) in [5.74, 6) is -1.63. The van der Waals surface area contributed by atoms with Crippen LogP contribution in [0.15, 0.2) is 24.3 Å². The molecule has 1 N–H and O–H groups in total. The summed E-state index contributed by atoms with van der Waals surface area (Å²) in [6.07, 6.45) is 2.79. The number of ether oxygens (including phenoxy) is 1. The summed E-state index contributed by atoms with van der Waals surface area (Å²) in [7, 11) is 0. The van der Waals surface area contributed by atoms with Crippen LogP contribution < -0.4 is 5.32 Å². The Labute approximate surface area is 111 Å². The van der Waals surface area contributed by atoms with Crippen molar-refractivity contribution in [3.63, 3.8) is 0 Å². The zero-order chi connectivity index (χ0) is 13.4. The Hall–Kier alpha value is -1.55. The molecule has 0 bridgehead atoms. The fourth-order valence-electron chi connectivity index (χ4n) is 1.30. The van der Waals surface area contributed by atoms with E-state index >= 15 is 0 Å². The molecular weight excluding hydrogens is 254 g/mol. The van der Waals surface area contributed by atoms with Gasteiger partial charge in [0.25, 0.3) is 0 Å². The summed E-state index contributed by atoms with van der Waals surface area (Å²) in [5, 5.41) is 3.00. The van der Waals surface area contributed by atoms with Crippen molar-refractivity contribution in [3.8, 4) is 0 Å². The largest absolute Gasteiger partial charge is 0.459 e. The first-order valence-electron chi connectivity index (χ1n) is 5.87. The summed E-state index contributed by atoms with van der Waals surface area (Å²) in [6, 6.07) is 6.49. The number of nitrogens with one attached hydrogen (secondary N) is 1. The van der Waals surface area contributed by atoms with Crippen LogP contribution in [0.25, 0.3) is 0 Å². The standard InChI is InChI=1S/C13H16ClNO3/c1-2-3-4-9-18-13(17)12(16)15-11-7-5-10(14)6-8-11/h5-8H,2-4,9H2,1H3,(H,15,16). The second-order valence-electron chi connectivity index (χ2n) is 3.80. The minimum Gasteiger partial charge on any atom is -0.459 e. The maximum atomic E-state index is 11.4. The third-order valence-corrected chi connectivity index (χ3v) is 2.52. The van der Waals surface area contributed by atoms with Crippen molar-refractivity contribution in [3.05, 3.63) is 29.3 Å². The van der Waals surface area contributed by atoms with E-state index in [-0.39, 0.29) is 6.61 Å². The lowest BCUT2D eigenvalue weighted by molar-refractivity contribution is -0.152. The summed E-state index contributed by atoms with van der Waals surface area (Å²) >= 11 is 5.70. The summed E-state index contributed by atoms with van der Waals surface area (Å²) in [4.78, 5) is 22.8. The first-order valence-corrected chi connectivity index (χ1v) is 6.25. The van der Waals surface area contributed by atoms with Gasteiger partial charge >= 0.3 is 11.9 Å². The van der Waals surface area contributed by atoms with Gasteiger partial charge in [-0.2, -0.15) is 0 Å². The molecule has 5 heteroatoms. The highest BCUT2D eigenvalue weighted by Gasteiger charge is 2.14. The molecule has 0 aromatic heterocycles. The Balaban J connectivity index is 2.35. The molecule has 1 aromatic carbocycles. The van der Waals surface area contributed by atoms with Gasteiger partial charge in [-0.05, 0) is 30.7 Å². The molecule has 0 radical (unpaired) electrons. The van der Waals surface area contributed by atoms with Crippen molar-refractivity contribution in [1.29, 1.82) is 0 Å².